The van der Waals surface area contributed by atoms with Crippen LogP contribution in [0.1, 0.15) is 31.2 Å². The first kappa shape index (κ1) is 17.6. The zero-order chi connectivity index (χ0) is 16.7. The average Bonchev–Trinajstić information content (AvgIpc) is 2.98. The number of hydrogen-bond donors (Lipinski definition) is 4. The van der Waals surface area contributed by atoms with Crippen LogP contribution in [0.15, 0.2) is 30.7 Å². The number of H-pyrrole nitrogens is 1. The molecule has 3 heterocycles. The maximum atomic E-state index is 6.79. The molecule has 7 nitrogen and oxygen atoms in total. The van der Waals surface area contributed by atoms with Crippen molar-refractivity contribution >= 4 is 29.4 Å². The van der Waals surface area contributed by atoms with Crippen LogP contribution < -0.4 is 17.2 Å². The fourth-order valence-corrected chi connectivity index (χ4v) is 3.79. The predicted octanol–water partition coefficient (Wildman–Crippen LogP) is 2.08. The van der Waals surface area contributed by atoms with Crippen molar-refractivity contribution in [2.45, 2.75) is 37.3 Å². The van der Waals surface area contributed by atoms with Crippen LogP contribution in [0.3, 0.4) is 0 Å². The topological polar surface area (TPSA) is 133 Å². The number of nitrogens with two attached hydrogens (primary N) is 3. The van der Waals surface area contributed by atoms with E-state index in [-0.39, 0.29) is 24.4 Å². The number of fused-ring (bicyclic) bond motifs is 1. The molecule has 1 aliphatic carbocycles. The van der Waals surface area contributed by atoms with E-state index in [1.54, 1.807) is 12.4 Å². The Hall–Kier alpha value is -2.22. The Balaban J connectivity index is 0.00000182. The number of nitrogen functional groups attached to an aromatic ring is 1. The lowest BCUT2D eigenvalue weighted by molar-refractivity contribution is 0.275. The second-order valence-electron chi connectivity index (χ2n) is 6.60. The molecular formula is C17H22ClN7. The highest BCUT2D eigenvalue weighted by Gasteiger charge is 2.35. The van der Waals surface area contributed by atoms with E-state index in [2.05, 4.69) is 19.9 Å². The van der Waals surface area contributed by atoms with Crippen LogP contribution in [-0.2, 0) is 5.54 Å². The quantitative estimate of drug-likeness (QED) is 0.553. The van der Waals surface area contributed by atoms with E-state index >= 15 is 0 Å². The number of aromatic amines is 1. The molecular weight excluding hydrogens is 338 g/mol. The molecule has 7 N–H and O–H groups in total. The number of aromatic nitrogens is 4. The second-order valence-corrected chi connectivity index (χ2v) is 6.60. The Kier molecular flexibility index (Phi) is 4.64. The summed E-state index contributed by atoms with van der Waals surface area (Å²) >= 11 is 0. The van der Waals surface area contributed by atoms with Crippen LogP contribution in [0.2, 0.25) is 0 Å². The van der Waals surface area contributed by atoms with Gasteiger partial charge in [-0.05, 0) is 43.4 Å². The van der Waals surface area contributed by atoms with Crippen LogP contribution in [0, 0.1) is 0 Å². The molecule has 0 amide bonds. The normalized spacial score (nSPS) is 23.4. The van der Waals surface area contributed by atoms with Crippen LogP contribution in [0.4, 0.5) is 5.95 Å². The van der Waals surface area contributed by atoms with Gasteiger partial charge in [0.15, 0.2) is 0 Å². The van der Waals surface area contributed by atoms with Gasteiger partial charge < -0.3 is 22.2 Å². The van der Waals surface area contributed by atoms with E-state index in [0.29, 0.717) is 0 Å². The minimum Gasteiger partial charge on any atom is -0.368 e. The molecule has 0 saturated heterocycles. The molecule has 0 aliphatic heterocycles. The molecule has 4 rings (SSSR count). The van der Waals surface area contributed by atoms with Gasteiger partial charge in [0.25, 0.3) is 0 Å². The number of pyridine rings is 1. The van der Waals surface area contributed by atoms with Crippen molar-refractivity contribution in [1.29, 1.82) is 0 Å². The maximum absolute atomic E-state index is 6.79. The van der Waals surface area contributed by atoms with Crippen LogP contribution in [0.25, 0.3) is 22.3 Å². The van der Waals surface area contributed by atoms with Gasteiger partial charge in [0, 0.05) is 41.1 Å². The summed E-state index contributed by atoms with van der Waals surface area (Å²) in [6, 6.07) is 3.97. The number of rotatable bonds is 2. The highest BCUT2D eigenvalue weighted by Crippen LogP contribution is 2.40. The van der Waals surface area contributed by atoms with E-state index in [4.69, 9.17) is 17.2 Å². The lowest BCUT2D eigenvalue weighted by Gasteiger charge is -2.37. The fraction of sp³-hybridized carbons (Fsp3) is 0.353. The summed E-state index contributed by atoms with van der Waals surface area (Å²) in [6.45, 7) is 0. The number of nitrogens with one attached hydrogen (secondary N) is 1. The summed E-state index contributed by atoms with van der Waals surface area (Å²) in [5, 5.41) is 0.993. The van der Waals surface area contributed by atoms with Crippen molar-refractivity contribution in [2.24, 2.45) is 11.5 Å². The fourth-order valence-electron chi connectivity index (χ4n) is 3.79. The molecule has 1 saturated carbocycles. The molecule has 1 aliphatic rings. The standard InChI is InChI=1S/C17H21N7.ClH/c18-10-2-1-5-17(20,8-10)12-3-6-21-15-14(12)11(9-23-15)13-4-7-22-16(19)24-13;/h3-4,6-7,9-10H,1-2,5,8,18,20H2,(H,21,23)(H2,19,22,24);1H. The van der Waals surface area contributed by atoms with Crippen LogP contribution >= 0.6 is 12.4 Å². The third kappa shape index (κ3) is 3.06. The van der Waals surface area contributed by atoms with Crippen molar-refractivity contribution in [3.63, 3.8) is 0 Å². The number of nitrogens with zero attached hydrogens (tertiary/aromatic N) is 3. The third-order valence-electron chi connectivity index (χ3n) is 4.88. The van der Waals surface area contributed by atoms with Gasteiger partial charge >= 0.3 is 0 Å². The SMILES string of the molecule is Cl.Nc1nccc(-c2c[nH]c3nccc(C4(N)CCCC(N)C4)c23)n1. The zero-order valence-electron chi connectivity index (χ0n) is 13.8. The molecule has 2 unspecified atom stereocenters. The summed E-state index contributed by atoms with van der Waals surface area (Å²) < 4.78 is 0. The Morgan fingerprint density at radius 3 is 2.76 bits per heavy atom. The van der Waals surface area contributed by atoms with Gasteiger partial charge in [0.05, 0.1) is 5.69 Å². The highest BCUT2D eigenvalue weighted by molar-refractivity contribution is 5.95. The number of anilines is 1. The van der Waals surface area contributed by atoms with Crippen molar-refractivity contribution in [1.82, 2.24) is 19.9 Å². The lowest BCUT2D eigenvalue weighted by atomic mass is 9.74. The molecule has 0 aromatic carbocycles. The minimum absolute atomic E-state index is 0. The Bertz CT molecular complexity index is 894. The van der Waals surface area contributed by atoms with Gasteiger partial charge in [-0.3, -0.25) is 0 Å². The largest absolute Gasteiger partial charge is 0.368 e. The molecule has 2 atom stereocenters. The van der Waals surface area contributed by atoms with E-state index in [1.165, 1.54) is 0 Å². The van der Waals surface area contributed by atoms with Crippen molar-refractivity contribution in [3.8, 4) is 11.3 Å². The van der Waals surface area contributed by atoms with Gasteiger partial charge in [-0.25, -0.2) is 15.0 Å². The minimum atomic E-state index is -0.450. The highest BCUT2D eigenvalue weighted by atomic mass is 35.5. The monoisotopic (exact) mass is 359 g/mol. The van der Waals surface area contributed by atoms with Gasteiger partial charge in [-0.1, -0.05) is 0 Å². The smallest absolute Gasteiger partial charge is 0.220 e. The third-order valence-corrected chi connectivity index (χ3v) is 4.88. The summed E-state index contributed by atoms with van der Waals surface area (Å²) in [5.74, 6) is 0.245. The molecule has 1 fully saturated rings. The van der Waals surface area contributed by atoms with Gasteiger partial charge in [0.1, 0.15) is 5.65 Å². The Morgan fingerprint density at radius 2 is 2.00 bits per heavy atom. The van der Waals surface area contributed by atoms with Gasteiger partial charge in [-0.15, -0.1) is 12.4 Å². The molecule has 132 valence electrons. The molecule has 3 aromatic heterocycles. The van der Waals surface area contributed by atoms with Gasteiger partial charge in [0.2, 0.25) is 5.95 Å². The first-order valence-corrected chi connectivity index (χ1v) is 8.17. The van der Waals surface area contributed by atoms with E-state index in [1.807, 2.05) is 18.3 Å². The summed E-state index contributed by atoms with van der Waals surface area (Å²) in [7, 11) is 0. The van der Waals surface area contributed by atoms with Crippen LogP contribution in [0.5, 0.6) is 0 Å². The van der Waals surface area contributed by atoms with E-state index in [9.17, 15) is 0 Å². The average molecular weight is 360 g/mol. The Morgan fingerprint density at radius 1 is 1.20 bits per heavy atom. The second kappa shape index (κ2) is 6.59. The summed E-state index contributed by atoms with van der Waals surface area (Å²) in [4.78, 5) is 16.0. The molecule has 25 heavy (non-hydrogen) atoms. The van der Waals surface area contributed by atoms with Crippen molar-refractivity contribution in [3.05, 3.63) is 36.3 Å². The maximum Gasteiger partial charge on any atom is 0.220 e. The first-order valence-electron chi connectivity index (χ1n) is 8.17. The Labute approximate surface area is 151 Å². The van der Waals surface area contributed by atoms with Crippen LogP contribution in [-0.4, -0.2) is 26.0 Å². The molecule has 8 heteroatoms. The summed E-state index contributed by atoms with van der Waals surface area (Å²) in [6.07, 6.45) is 9.08. The predicted molar refractivity (Wildman–Crippen MR) is 101 cm³/mol. The number of hydrogen-bond acceptors (Lipinski definition) is 6. The van der Waals surface area contributed by atoms with E-state index in [0.717, 1.165) is 53.5 Å². The van der Waals surface area contributed by atoms with Crippen molar-refractivity contribution in [2.75, 3.05) is 5.73 Å². The molecule has 0 radical (unpaired) electrons. The number of halogens is 1. The summed E-state index contributed by atoms with van der Waals surface area (Å²) in [5.41, 5.74) is 21.8. The molecule has 3 aromatic rings. The zero-order valence-corrected chi connectivity index (χ0v) is 14.6. The molecule has 0 spiro atoms. The van der Waals surface area contributed by atoms with E-state index < -0.39 is 5.54 Å². The van der Waals surface area contributed by atoms with Crippen molar-refractivity contribution < 1.29 is 0 Å². The first-order chi connectivity index (χ1) is 11.6. The van der Waals surface area contributed by atoms with Gasteiger partial charge in [-0.2, -0.15) is 0 Å². The molecule has 0 bridgehead atoms. The lowest BCUT2D eigenvalue weighted by Crippen LogP contribution is -2.45.